The second-order valence-corrected chi connectivity index (χ2v) is 9.20. The molecule has 1 heterocycles. The summed E-state index contributed by atoms with van der Waals surface area (Å²) in [5.74, 6) is 0. The second kappa shape index (κ2) is 15.0. The molecule has 3 rings (SSSR count). The fourth-order valence-electron chi connectivity index (χ4n) is 4.83. The molecular weight excluding hydrogens is 390 g/mol. The molecule has 0 radical (unpaired) electrons. The zero-order valence-electron chi connectivity index (χ0n) is 19.9. The van der Waals surface area contributed by atoms with Crippen molar-refractivity contribution < 1.29 is 0 Å². The van der Waals surface area contributed by atoms with E-state index in [1.54, 1.807) is 0 Å². The normalized spacial score (nSPS) is 17.0. The highest BCUT2D eigenvalue weighted by atomic mass is 15.2. The maximum absolute atomic E-state index is 3.94. The summed E-state index contributed by atoms with van der Waals surface area (Å²) < 4.78 is 0. The van der Waals surface area contributed by atoms with Crippen LogP contribution in [-0.4, -0.2) is 48.6 Å². The average molecular weight is 434 g/mol. The number of piperidine rings is 1. The summed E-state index contributed by atoms with van der Waals surface area (Å²) in [6.07, 6.45) is 11.1. The number of nitrogens with zero attached hydrogens (tertiary/aromatic N) is 2. The highest BCUT2D eigenvalue weighted by molar-refractivity contribution is 5.17. The number of hydrogen-bond donors (Lipinski definition) is 1. The van der Waals surface area contributed by atoms with Gasteiger partial charge in [0.2, 0.25) is 0 Å². The molecule has 1 aliphatic rings. The van der Waals surface area contributed by atoms with Crippen molar-refractivity contribution in [1.29, 1.82) is 0 Å². The summed E-state index contributed by atoms with van der Waals surface area (Å²) in [6, 6.07) is 22.5. The van der Waals surface area contributed by atoms with Gasteiger partial charge in [-0.05, 0) is 82.4 Å². The van der Waals surface area contributed by atoms with Crippen LogP contribution in [0.1, 0.15) is 56.1 Å². The lowest BCUT2D eigenvalue weighted by molar-refractivity contribution is 0.147. The van der Waals surface area contributed by atoms with E-state index >= 15 is 0 Å². The first-order chi connectivity index (χ1) is 15.8. The summed E-state index contributed by atoms with van der Waals surface area (Å²) in [4.78, 5) is 5.28. The first-order valence-electron chi connectivity index (χ1n) is 12.7. The minimum atomic E-state index is 0.737. The molecule has 1 saturated heterocycles. The van der Waals surface area contributed by atoms with Crippen molar-refractivity contribution in [2.75, 3.05) is 32.7 Å². The molecule has 0 aliphatic carbocycles. The van der Waals surface area contributed by atoms with Crippen LogP contribution >= 0.6 is 0 Å². The summed E-state index contributed by atoms with van der Waals surface area (Å²) in [5.41, 5.74) is 2.79. The zero-order chi connectivity index (χ0) is 22.3. The monoisotopic (exact) mass is 433 g/mol. The van der Waals surface area contributed by atoms with Crippen LogP contribution in [0.4, 0.5) is 0 Å². The van der Waals surface area contributed by atoms with Crippen molar-refractivity contribution in [3.63, 3.8) is 0 Å². The van der Waals surface area contributed by atoms with Crippen LogP contribution in [0.15, 0.2) is 73.3 Å². The van der Waals surface area contributed by atoms with Gasteiger partial charge >= 0.3 is 0 Å². The molecule has 2 aromatic rings. The van der Waals surface area contributed by atoms with Gasteiger partial charge in [0.05, 0.1) is 0 Å². The molecular formula is C29H43N3. The SMILES string of the molecule is C=CCC1CCCCN1CCCNCCCCN(Cc1ccccc1)Cc1ccccc1. The second-order valence-electron chi connectivity index (χ2n) is 9.20. The van der Waals surface area contributed by atoms with Crippen molar-refractivity contribution in [2.45, 2.75) is 64.1 Å². The number of hydrogen-bond acceptors (Lipinski definition) is 3. The summed E-state index contributed by atoms with van der Waals surface area (Å²) in [5, 5.41) is 3.68. The Balaban J connectivity index is 1.31. The summed E-state index contributed by atoms with van der Waals surface area (Å²) in [7, 11) is 0. The fourth-order valence-corrected chi connectivity index (χ4v) is 4.83. The Hall–Kier alpha value is -1.94. The predicted molar refractivity (Wildman–Crippen MR) is 138 cm³/mol. The van der Waals surface area contributed by atoms with E-state index in [4.69, 9.17) is 0 Å². The van der Waals surface area contributed by atoms with E-state index in [-0.39, 0.29) is 0 Å². The van der Waals surface area contributed by atoms with Crippen molar-refractivity contribution in [3.05, 3.63) is 84.4 Å². The molecule has 0 aromatic heterocycles. The molecule has 1 atom stereocenters. The zero-order valence-corrected chi connectivity index (χ0v) is 19.9. The molecule has 174 valence electrons. The van der Waals surface area contributed by atoms with E-state index in [0.29, 0.717) is 0 Å². The van der Waals surface area contributed by atoms with Crippen LogP contribution in [0.5, 0.6) is 0 Å². The van der Waals surface area contributed by atoms with Gasteiger partial charge < -0.3 is 10.2 Å². The van der Waals surface area contributed by atoms with Gasteiger partial charge in [0.25, 0.3) is 0 Å². The smallest absolute Gasteiger partial charge is 0.0237 e. The summed E-state index contributed by atoms with van der Waals surface area (Å²) >= 11 is 0. The molecule has 1 aliphatic heterocycles. The Bertz CT molecular complexity index is 689. The van der Waals surface area contributed by atoms with Crippen molar-refractivity contribution in [1.82, 2.24) is 15.1 Å². The highest BCUT2D eigenvalue weighted by Crippen LogP contribution is 2.19. The quantitative estimate of drug-likeness (QED) is 0.279. The molecule has 2 aromatic carbocycles. The lowest BCUT2D eigenvalue weighted by atomic mass is 9.99. The maximum atomic E-state index is 3.94. The number of rotatable bonds is 15. The minimum absolute atomic E-state index is 0.737. The third kappa shape index (κ3) is 9.28. The Morgan fingerprint density at radius 2 is 1.53 bits per heavy atom. The van der Waals surface area contributed by atoms with Crippen LogP contribution in [0.2, 0.25) is 0 Å². The molecule has 1 N–H and O–H groups in total. The van der Waals surface area contributed by atoms with Crippen LogP contribution in [0.3, 0.4) is 0 Å². The van der Waals surface area contributed by atoms with Gasteiger partial charge in [-0.1, -0.05) is 73.2 Å². The molecule has 1 fully saturated rings. The van der Waals surface area contributed by atoms with Gasteiger partial charge in [0, 0.05) is 19.1 Å². The molecule has 0 amide bonds. The summed E-state index contributed by atoms with van der Waals surface area (Å²) in [6.45, 7) is 11.9. The van der Waals surface area contributed by atoms with E-state index in [1.807, 2.05) is 0 Å². The third-order valence-electron chi connectivity index (χ3n) is 6.56. The fraction of sp³-hybridized carbons (Fsp3) is 0.517. The number of nitrogens with one attached hydrogen (secondary N) is 1. The first kappa shape index (κ1) is 24.7. The lowest BCUT2D eigenvalue weighted by Crippen LogP contribution is -2.40. The van der Waals surface area contributed by atoms with E-state index in [1.165, 1.54) is 62.7 Å². The van der Waals surface area contributed by atoms with Crippen molar-refractivity contribution in [3.8, 4) is 0 Å². The molecule has 0 bridgehead atoms. The lowest BCUT2D eigenvalue weighted by Gasteiger charge is -2.35. The Labute approximate surface area is 196 Å². The maximum Gasteiger partial charge on any atom is 0.0237 e. The highest BCUT2D eigenvalue weighted by Gasteiger charge is 2.20. The third-order valence-corrected chi connectivity index (χ3v) is 6.56. The van der Waals surface area contributed by atoms with Crippen LogP contribution in [-0.2, 0) is 13.1 Å². The predicted octanol–water partition coefficient (Wildman–Crippen LogP) is 5.88. The van der Waals surface area contributed by atoms with Gasteiger partial charge in [0.1, 0.15) is 0 Å². The van der Waals surface area contributed by atoms with E-state index in [9.17, 15) is 0 Å². The number of likely N-dealkylation sites (tertiary alicyclic amines) is 1. The number of unbranched alkanes of at least 4 members (excludes halogenated alkanes) is 1. The minimum Gasteiger partial charge on any atom is -0.317 e. The van der Waals surface area contributed by atoms with Crippen LogP contribution < -0.4 is 5.32 Å². The molecule has 32 heavy (non-hydrogen) atoms. The van der Waals surface area contributed by atoms with Crippen molar-refractivity contribution >= 4 is 0 Å². The molecule has 0 spiro atoms. The average Bonchev–Trinajstić information content (AvgIpc) is 2.83. The molecule has 3 heteroatoms. The van der Waals surface area contributed by atoms with Crippen LogP contribution in [0, 0.1) is 0 Å². The van der Waals surface area contributed by atoms with E-state index in [2.05, 4.69) is 88.4 Å². The molecule has 1 unspecified atom stereocenters. The first-order valence-corrected chi connectivity index (χ1v) is 12.7. The topological polar surface area (TPSA) is 18.5 Å². The molecule has 3 nitrogen and oxygen atoms in total. The number of benzene rings is 2. The van der Waals surface area contributed by atoms with Crippen LogP contribution in [0.25, 0.3) is 0 Å². The molecule has 0 saturated carbocycles. The Morgan fingerprint density at radius 1 is 0.875 bits per heavy atom. The van der Waals surface area contributed by atoms with Gasteiger partial charge in [-0.15, -0.1) is 6.58 Å². The Kier molecular flexibility index (Phi) is 11.6. The van der Waals surface area contributed by atoms with Gasteiger partial charge in [0.15, 0.2) is 0 Å². The van der Waals surface area contributed by atoms with E-state index < -0.39 is 0 Å². The standard InChI is InChI=1S/C29H43N3/c1-2-14-29-19-9-11-23-32(29)24-13-21-30-20-10-12-22-31(25-27-15-5-3-6-16-27)26-28-17-7-4-8-18-28/h2-8,15-18,29-30H,1,9-14,19-26H2. The Morgan fingerprint density at radius 3 is 2.19 bits per heavy atom. The van der Waals surface area contributed by atoms with E-state index in [0.717, 1.165) is 45.2 Å². The largest absolute Gasteiger partial charge is 0.317 e. The van der Waals surface area contributed by atoms with Gasteiger partial charge in [-0.25, -0.2) is 0 Å². The van der Waals surface area contributed by atoms with Crippen molar-refractivity contribution in [2.24, 2.45) is 0 Å². The van der Waals surface area contributed by atoms with Gasteiger partial charge in [-0.3, -0.25) is 4.90 Å². The van der Waals surface area contributed by atoms with Gasteiger partial charge in [-0.2, -0.15) is 0 Å².